The lowest BCUT2D eigenvalue weighted by molar-refractivity contribution is 0.317. The summed E-state index contributed by atoms with van der Waals surface area (Å²) in [5, 5.41) is 15.9. The highest BCUT2D eigenvalue weighted by Crippen LogP contribution is 2.28. The van der Waals surface area contributed by atoms with Crippen molar-refractivity contribution in [2.45, 2.75) is 6.42 Å². The summed E-state index contributed by atoms with van der Waals surface area (Å²) in [5.41, 5.74) is 5.48. The van der Waals surface area contributed by atoms with Crippen LogP contribution in [0.1, 0.15) is 4.88 Å². The van der Waals surface area contributed by atoms with Crippen molar-refractivity contribution in [3.05, 3.63) is 32.9 Å². The average molecular weight is 285 g/mol. The molecule has 0 unspecified atom stereocenters. The standard InChI is InChI=1S/C10H9BrN2OS/c11-7-1-2-8-6(3-7)5-15-9(8)4-10(12)13-14/h1-3,5,14H,4H2,(H2,12,13). The fourth-order valence-corrected chi connectivity index (χ4v) is 2.81. The van der Waals surface area contributed by atoms with E-state index in [1.807, 2.05) is 12.1 Å². The first-order chi connectivity index (χ1) is 7.20. The molecule has 0 saturated carbocycles. The Kier molecular flexibility index (Phi) is 2.93. The van der Waals surface area contributed by atoms with Crippen LogP contribution in [0.3, 0.4) is 0 Å². The summed E-state index contributed by atoms with van der Waals surface area (Å²) in [7, 11) is 0. The summed E-state index contributed by atoms with van der Waals surface area (Å²) in [6, 6.07) is 6.09. The normalized spacial score (nSPS) is 12.2. The third-order valence-electron chi connectivity index (χ3n) is 2.11. The maximum absolute atomic E-state index is 8.51. The number of nitrogens with zero attached hydrogens (tertiary/aromatic N) is 1. The molecule has 1 aromatic carbocycles. The van der Waals surface area contributed by atoms with E-state index in [1.54, 1.807) is 11.3 Å². The quantitative estimate of drug-likeness (QED) is 0.386. The van der Waals surface area contributed by atoms with Crippen molar-refractivity contribution in [2.24, 2.45) is 10.9 Å². The first-order valence-corrected chi connectivity index (χ1v) is 6.00. The van der Waals surface area contributed by atoms with E-state index in [0.29, 0.717) is 6.42 Å². The van der Waals surface area contributed by atoms with E-state index in [0.717, 1.165) is 14.7 Å². The summed E-state index contributed by atoms with van der Waals surface area (Å²) >= 11 is 5.04. The summed E-state index contributed by atoms with van der Waals surface area (Å²) in [6.07, 6.45) is 0.492. The number of hydrogen-bond donors (Lipinski definition) is 2. The minimum absolute atomic E-state index is 0.238. The Morgan fingerprint density at radius 1 is 1.53 bits per heavy atom. The van der Waals surface area contributed by atoms with E-state index < -0.39 is 0 Å². The Balaban J connectivity index is 2.45. The van der Waals surface area contributed by atoms with Gasteiger partial charge in [0.05, 0.1) is 0 Å². The molecule has 0 spiro atoms. The number of fused-ring (bicyclic) bond motifs is 1. The molecule has 1 heterocycles. The number of halogens is 1. The topological polar surface area (TPSA) is 58.6 Å². The molecule has 3 N–H and O–H groups in total. The number of hydrogen-bond acceptors (Lipinski definition) is 3. The van der Waals surface area contributed by atoms with Crippen molar-refractivity contribution in [3.8, 4) is 0 Å². The van der Waals surface area contributed by atoms with Gasteiger partial charge in [0.15, 0.2) is 0 Å². The highest BCUT2D eigenvalue weighted by Gasteiger charge is 2.06. The minimum Gasteiger partial charge on any atom is -0.409 e. The van der Waals surface area contributed by atoms with Gasteiger partial charge in [-0.15, -0.1) is 11.3 Å². The highest BCUT2D eigenvalue weighted by molar-refractivity contribution is 9.10. The lowest BCUT2D eigenvalue weighted by Gasteiger charge is -1.97. The van der Waals surface area contributed by atoms with Crippen molar-refractivity contribution in [1.29, 1.82) is 0 Å². The van der Waals surface area contributed by atoms with Crippen LogP contribution in [0.4, 0.5) is 0 Å². The van der Waals surface area contributed by atoms with Crippen LogP contribution in [0.2, 0.25) is 0 Å². The molecule has 2 rings (SSSR count). The second-order valence-corrected chi connectivity index (χ2v) is 5.04. The molecule has 0 bridgehead atoms. The molecule has 1 aromatic heterocycles. The molecule has 78 valence electrons. The zero-order valence-electron chi connectivity index (χ0n) is 7.77. The number of rotatable bonds is 2. The van der Waals surface area contributed by atoms with Gasteiger partial charge in [0.25, 0.3) is 0 Å². The molecule has 3 nitrogen and oxygen atoms in total. The Labute approximate surface area is 99.3 Å². The lowest BCUT2D eigenvalue weighted by atomic mass is 10.1. The Morgan fingerprint density at radius 3 is 3.07 bits per heavy atom. The monoisotopic (exact) mass is 284 g/mol. The zero-order chi connectivity index (χ0) is 10.8. The fraction of sp³-hybridized carbons (Fsp3) is 0.100. The maximum Gasteiger partial charge on any atom is 0.144 e. The maximum atomic E-state index is 8.51. The zero-order valence-corrected chi connectivity index (χ0v) is 10.2. The number of amidine groups is 1. The van der Waals surface area contributed by atoms with Gasteiger partial charge < -0.3 is 10.9 Å². The fourth-order valence-electron chi connectivity index (χ4n) is 1.42. The van der Waals surface area contributed by atoms with Crippen LogP contribution >= 0.6 is 27.3 Å². The molecular formula is C10H9BrN2OS. The van der Waals surface area contributed by atoms with Crippen molar-refractivity contribution < 1.29 is 5.21 Å². The molecule has 0 atom stereocenters. The molecule has 0 aliphatic rings. The van der Waals surface area contributed by atoms with Crippen LogP contribution in [0.15, 0.2) is 33.2 Å². The van der Waals surface area contributed by atoms with Crippen LogP contribution in [0.25, 0.3) is 10.8 Å². The third kappa shape index (κ3) is 2.13. The predicted octanol–water partition coefficient (Wildman–Crippen LogP) is 2.95. The van der Waals surface area contributed by atoms with E-state index in [2.05, 4.69) is 32.5 Å². The van der Waals surface area contributed by atoms with Crippen LogP contribution in [0.5, 0.6) is 0 Å². The predicted molar refractivity (Wildman–Crippen MR) is 66.6 cm³/mol. The van der Waals surface area contributed by atoms with Gasteiger partial charge in [0.2, 0.25) is 0 Å². The lowest BCUT2D eigenvalue weighted by Crippen LogP contribution is -2.13. The van der Waals surface area contributed by atoms with Gasteiger partial charge in [0.1, 0.15) is 5.84 Å². The van der Waals surface area contributed by atoms with Crippen LogP contribution in [-0.2, 0) is 6.42 Å². The number of nitrogens with two attached hydrogens (primary N) is 1. The first-order valence-electron chi connectivity index (χ1n) is 4.32. The second-order valence-electron chi connectivity index (χ2n) is 3.16. The van der Waals surface area contributed by atoms with Gasteiger partial charge in [-0.25, -0.2) is 0 Å². The Bertz CT molecular complexity index is 521. The van der Waals surface area contributed by atoms with Gasteiger partial charge in [-0.2, -0.15) is 0 Å². The van der Waals surface area contributed by atoms with Crippen LogP contribution in [0, 0.1) is 0 Å². The van der Waals surface area contributed by atoms with Gasteiger partial charge in [0, 0.05) is 15.8 Å². The number of thiophene rings is 1. The van der Waals surface area contributed by atoms with Crippen LogP contribution < -0.4 is 5.73 Å². The van der Waals surface area contributed by atoms with Crippen molar-refractivity contribution in [2.75, 3.05) is 0 Å². The molecule has 0 aliphatic carbocycles. The summed E-state index contributed by atoms with van der Waals surface area (Å²) in [5.74, 6) is 0.238. The van der Waals surface area contributed by atoms with Gasteiger partial charge in [-0.05, 0) is 28.3 Å². The summed E-state index contributed by atoms with van der Waals surface area (Å²) in [6.45, 7) is 0. The SMILES string of the molecule is N/C(Cc1scc2cc(Br)ccc12)=N/O. The number of oxime groups is 1. The summed E-state index contributed by atoms with van der Waals surface area (Å²) < 4.78 is 1.06. The molecule has 0 saturated heterocycles. The minimum atomic E-state index is 0.238. The van der Waals surface area contributed by atoms with E-state index in [9.17, 15) is 0 Å². The van der Waals surface area contributed by atoms with Gasteiger partial charge >= 0.3 is 0 Å². The molecule has 15 heavy (non-hydrogen) atoms. The highest BCUT2D eigenvalue weighted by atomic mass is 79.9. The van der Waals surface area contributed by atoms with Crippen molar-refractivity contribution in [3.63, 3.8) is 0 Å². The molecule has 0 radical (unpaired) electrons. The van der Waals surface area contributed by atoms with Crippen molar-refractivity contribution >= 4 is 43.9 Å². The van der Waals surface area contributed by atoms with E-state index in [-0.39, 0.29) is 5.84 Å². The van der Waals surface area contributed by atoms with E-state index >= 15 is 0 Å². The van der Waals surface area contributed by atoms with E-state index in [1.165, 1.54) is 5.39 Å². The average Bonchev–Trinajstić information content (AvgIpc) is 2.60. The molecule has 0 fully saturated rings. The summed E-state index contributed by atoms with van der Waals surface area (Å²) in [4.78, 5) is 1.12. The largest absolute Gasteiger partial charge is 0.409 e. The third-order valence-corrected chi connectivity index (χ3v) is 3.63. The number of benzene rings is 1. The van der Waals surface area contributed by atoms with Gasteiger partial charge in [-0.1, -0.05) is 27.2 Å². The molecular weight excluding hydrogens is 276 g/mol. The second kappa shape index (κ2) is 4.20. The molecule has 2 aromatic rings. The van der Waals surface area contributed by atoms with Crippen LogP contribution in [-0.4, -0.2) is 11.0 Å². The molecule has 0 aliphatic heterocycles. The van der Waals surface area contributed by atoms with Gasteiger partial charge in [-0.3, -0.25) is 0 Å². The van der Waals surface area contributed by atoms with E-state index in [4.69, 9.17) is 10.9 Å². The molecule has 0 amide bonds. The Hall–Kier alpha value is -1.07. The Morgan fingerprint density at radius 2 is 2.33 bits per heavy atom. The van der Waals surface area contributed by atoms with Crippen molar-refractivity contribution in [1.82, 2.24) is 0 Å². The smallest absolute Gasteiger partial charge is 0.144 e. The molecule has 5 heteroatoms. The first kappa shape index (κ1) is 10.4.